The first-order chi connectivity index (χ1) is 4.84. The van der Waals surface area contributed by atoms with Crippen LogP contribution in [0.4, 0.5) is 0 Å². The van der Waals surface area contributed by atoms with Crippen molar-refractivity contribution in [1.82, 2.24) is 0 Å². The van der Waals surface area contributed by atoms with E-state index >= 15 is 0 Å². The number of nitrogens with two attached hydrogens (primary N) is 2. The molecule has 60 valence electrons. The molecule has 3 nitrogen and oxygen atoms in total. The van der Waals surface area contributed by atoms with Gasteiger partial charge < -0.3 is 16.2 Å². The third kappa shape index (κ3) is 1.94. The molecule has 1 fully saturated rings. The number of ether oxygens (including phenoxy) is 1. The topological polar surface area (TPSA) is 61.3 Å². The van der Waals surface area contributed by atoms with E-state index in [1.807, 2.05) is 0 Å². The predicted molar refractivity (Wildman–Crippen MR) is 40.6 cm³/mol. The van der Waals surface area contributed by atoms with Crippen LogP contribution in [0.2, 0.25) is 0 Å². The Balaban J connectivity index is 2.24. The van der Waals surface area contributed by atoms with E-state index < -0.39 is 0 Å². The van der Waals surface area contributed by atoms with Crippen molar-refractivity contribution >= 4 is 0 Å². The molecule has 3 heteroatoms. The van der Waals surface area contributed by atoms with Gasteiger partial charge in [-0.2, -0.15) is 0 Å². The van der Waals surface area contributed by atoms with Crippen LogP contribution in [-0.2, 0) is 4.74 Å². The number of hydrogen-bond donors (Lipinski definition) is 2. The van der Waals surface area contributed by atoms with Crippen LogP contribution in [0.25, 0.3) is 0 Å². The highest BCUT2D eigenvalue weighted by Gasteiger charge is 2.19. The van der Waals surface area contributed by atoms with Crippen molar-refractivity contribution in [2.24, 2.45) is 17.4 Å². The zero-order valence-corrected chi connectivity index (χ0v) is 6.25. The Labute approximate surface area is 61.7 Å². The van der Waals surface area contributed by atoms with Crippen molar-refractivity contribution < 1.29 is 4.74 Å². The van der Waals surface area contributed by atoms with E-state index in [-0.39, 0.29) is 6.04 Å². The highest BCUT2D eigenvalue weighted by atomic mass is 16.5. The molecule has 0 spiro atoms. The van der Waals surface area contributed by atoms with Crippen molar-refractivity contribution in [3.05, 3.63) is 0 Å². The van der Waals surface area contributed by atoms with E-state index in [2.05, 4.69) is 0 Å². The quantitative estimate of drug-likeness (QED) is 0.559. The summed E-state index contributed by atoms with van der Waals surface area (Å²) in [4.78, 5) is 0. The maximum Gasteiger partial charge on any atom is 0.0469 e. The van der Waals surface area contributed by atoms with Crippen LogP contribution in [-0.4, -0.2) is 25.8 Å². The highest BCUT2D eigenvalue weighted by molar-refractivity contribution is 4.75. The summed E-state index contributed by atoms with van der Waals surface area (Å²) in [5.41, 5.74) is 11.2. The molecule has 1 unspecified atom stereocenters. The lowest BCUT2D eigenvalue weighted by Gasteiger charge is -2.26. The highest BCUT2D eigenvalue weighted by Crippen LogP contribution is 2.16. The van der Waals surface area contributed by atoms with Gasteiger partial charge in [0.05, 0.1) is 0 Å². The molecule has 1 heterocycles. The molecule has 0 amide bonds. The van der Waals surface area contributed by atoms with Crippen LogP contribution in [0.1, 0.15) is 12.8 Å². The normalized spacial score (nSPS) is 24.6. The van der Waals surface area contributed by atoms with Crippen molar-refractivity contribution in [3.63, 3.8) is 0 Å². The molecule has 0 saturated carbocycles. The van der Waals surface area contributed by atoms with Gasteiger partial charge in [-0.05, 0) is 18.8 Å². The summed E-state index contributed by atoms with van der Waals surface area (Å²) in [5.74, 6) is 0.596. The van der Waals surface area contributed by atoms with Gasteiger partial charge in [-0.3, -0.25) is 0 Å². The fraction of sp³-hybridized carbons (Fsp3) is 1.00. The average molecular weight is 144 g/mol. The molecule has 1 rings (SSSR count). The first-order valence-corrected chi connectivity index (χ1v) is 3.88. The SMILES string of the molecule is NCC(N)C1CCOCC1. The van der Waals surface area contributed by atoms with Crippen molar-refractivity contribution in [3.8, 4) is 0 Å². The van der Waals surface area contributed by atoms with Crippen LogP contribution in [0.15, 0.2) is 0 Å². The number of hydrogen-bond acceptors (Lipinski definition) is 3. The molecule has 4 N–H and O–H groups in total. The van der Waals surface area contributed by atoms with E-state index in [4.69, 9.17) is 16.2 Å². The van der Waals surface area contributed by atoms with Crippen LogP contribution in [0, 0.1) is 5.92 Å². The zero-order valence-electron chi connectivity index (χ0n) is 6.25. The monoisotopic (exact) mass is 144 g/mol. The van der Waals surface area contributed by atoms with Gasteiger partial charge >= 0.3 is 0 Å². The van der Waals surface area contributed by atoms with E-state index in [1.165, 1.54) is 0 Å². The second kappa shape index (κ2) is 3.91. The maximum atomic E-state index is 5.77. The Morgan fingerprint density at radius 1 is 1.40 bits per heavy atom. The lowest BCUT2D eigenvalue weighted by Crippen LogP contribution is -2.39. The summed E-state index contributed by atoms with van der Waals surface area (Å²) < 4.78 is 5.20. The molecule has 0 aromatic carbocycles. The summed E-state index contributed by atoms with van der Waals surface area (Å²) in [6.45, 7) is 2.32. The molecule has 1 aliphatic rings. The van der Waals surface area contributed by atoms with Gasteiger partial charge in [0.1, 0.15) is 0 Å². The van der Waals surface area contributed by atoms with Gasteiger partial charge in [-0.15, -0.1) is 0 Å². The molecule has 0 bridgehead atoms. The summed E-state index contributed by atoms with van der Waals surface area (Å²) >= 11 is 0. The molecule has 1 aliphatic heterocycles. The molecular formula is C7H16N2O. The van der Waals surface area contributed by atoms with Crippen LogP contribution >= 0.6 is 0 Å². The summed E-state index contributed by atoms with van der Waals surface area (Å²) in [5, 5.41) is 0. The number of rotatable bonds is 2. The molecule has 1 atom stereocenters. The molecule has 0 aromatic rings. The summed E-state index contributed by atoms with van der Waals surface area (Å²) in [7, 11) is 0. The largest absolute Gasteiger partial charge is 0.381 e. The Morgan fingerprint density at radius 2 is 2.00 bits per heavy atom. The van der Waals surface area contributed by atoms with E-state index in [1.54, 1.807) is 0 Å². The van der Waals surface area contributed by atoms with E-state index in [0.29, 0.717) is 12.5 Å². The fourth-order valence-electron chi connectivity index (χ4n) is 1.34. The van der Waals surface area contributed by atoms with Crippen LogP contribution in [0.5, 0.6) is 0 Å². The molecule has 0 aromatic heterocycles. The minimum absolute atomic E-state index is 0.184. The molecular weight excluding hydrogens is 128 g/mol. The van der Waals surface area contributed by atoms with Crippen molar-refractivity contribution in [1.29, 1.82) is 0 Å². The van der Waals surface area contributed by atoms with E-state index in [0.717, 1.165) is 26.1 Å². The molecule has 10 heavy (non-hydrogen) atoms. The molecule has 1 saturated heterocycles. The third-order valence-electron chi connectivity index (χ3n) is 2.14. The predicted octanol–water partition coefficient (Wildman–Crippen LogP) is -0.301. The van der Waals surface area contributed by atoms with Crippen molar-refractivity contribution in [2.45, 2.75) is 18.9 Å². The Hall–Kier alpha value is -0.120. The summed E-state index contributed by atoms with van der Waals surface area (Å²) in [6.07, 6.45) is 2.16. The minimum atomic E-state index is 0.184. The molecule has 0 aliphatic carbocycles. The first-order valence-electron chi connectivity index (χ1n) is 3.88. The third-order valence-corrected chi connectivity index (χ3v) is 2.14. The Kier molecular flexibility index (Phi) is 3.12. The zero-order chi connectivity index (χ0) is 7.40. The van der Waals surface area contributed by atoms with Crippen LogP contribution < -0.4 is 11.5 Å². The van der Waals surface area contributed by atoms with Gasteiger partial charge in [-0.25, -0.2) is 0 Å². The standard InChI is InChI=1S/C7H16N2O/c8-5-7(9)6-1-3-10-4-2-6/h6-7H,1-5,8-9H2. The second-order valence-electron chi connectivity index (χ2n) is 2.85. The summed E-state index contributed by atoms with van der Waals surface area (Å²) in [6, 6.07) is 0.184. The average Bonchev–Trinajstić information content (AvgIpc) is 2.05. The first kappa shape index (κ1) is 7.98. The van der Waals surface area contributed by atoms with Gasteiger partial charge in [0.25, 0.3) is 0 Å². The smallest absolute Gasteiger partial charge is 0.0469 e. The maximum absolute atomic E-state index is 5.77. The molecule has 0 radical (unpaired) electrons. The van der Waals surface area contributed by atoms with E-state index in [9.17, 15) is 0 Å². The van der Waals surface area contributed by atoms with Crippen LogP contribution in [0.3, 0.4) is 0 Å². The Bertz CT molecular complexity index is 91.6. The lowest BCUT2D eigenvalue weighted by atomic mass is 9.93. The van der Waals surface area contributed by atoms with Gasteiger partial charge in [-0.1, -0.05) is 0 Å². The second-order valence-corrected chi connectivity index (χ2v) is 2.85. The van der Waals surface area contributed by atoms with Crippen molar-refractivity contribution in [2.75, 3.05) is 19.8 Å². The Morgan fingerprint density at radius 3 is 2.50 bits per heavy atom. The van der Waals surface area contributed by atoms with Gasteiger partial charge in [0.15, 0.2) is 0 Å². The fourth-order valence-corrected chi connectivity index (χ4v) is 1.34. The lowest BCUT2D eigenvalue weighted by molar-refractivity contribution is 0.0593. The minimum Gasteiger partial charge on any atom is -0.381 e. The van der Waals surface area contributed by atoms with Gasteiger partial charge in [0, 0.05) is 25.8 Å². The van der Waals surface area contributed by atoms with Gasteiger partial charge in [0.2, 0.25) is 0 Å².